The van der Waals surface area contributed by atoms with Crippen LogP contribution in [0.5, 0.6) is 0 Å². The van der Waals surface area contributed by atoms with Gasteiger partial charge in [0.1, 0.15) is 0 Å². The number of aryl methyl sites for hydroxylation is 2. The van der Waals surface area contributed by atoms with E-state index in [1.807, 2.05) is 27.1 Å². The van der Waals surface area contributed by atoms with Crippen LogP contribution in [0.25, 0.3) is 5.70 Å². The number of carbonyl (C=O) groups excluding carboxylic acids is 1. The molecule has 0 fully saturated rings. The fourth-order valence-electron chi connectivity index (χ4n) is 3.82. The van der Waals surface area contributed by atoms with Crippen molar-refractivity contribution >= 4 is 28.7 Å². The Bertz CT molecular complexity index is 1370. The molecule has 38 heavy (non-hydrogen) atoms. The van der Waals surface area contributed by atoms with Crippen molar-refractivity contribution in [2.75, 3.05) is 28.8 Å². The van der Waals surface area contributed by atoms with Gasteiger partial charge in [0.25, 0.3) is 5.91 Å². The van der Waals surface area contributed by atoms with Gasteiger partial charge in [-0.3, -0.25) is 14.5 Å². The summed E-state index contributed by atoms with van der Waals surface area (Å²) in [6.07, 6.45) is -2.20. The molecule has 1 aliphatic heterocycles. The lowest BCUT2D eigenvalue weighted by atomic mass is 10.1. The number of halogens is 3. The van der Waals surface area contributed by atoms with Crippen LogP contribution in [0.2, 0.25) is 0 Å². The third kappa shape index (κ3) is 5.74. The predicted octanol–water partition coefficient (Wildman–Crippen LogP) is 2.90. The summed E-state index contributed by atoms with van der Waals surface area (Å²) in [5.41, 5.74) is 9.53. The summed E-state index contributed by atoms with van der Waals surface area (Å²) in [4.78, 5) is 13.1. The molecule has 1 amide bonds. The molecule has 0 saturated carbocycles. The Morgan fingerprint density at radius 1 is 1.16 bits per heavy atom. The van der Waals surface area contributed by atoms with Crippen molar-refractivity contribution in [1.82, 2.24) is 20.7 Å². The molecule has 13 heteroatoms. The monoisotopic (exact) mass is 531 g/mol. The van der Waals surface area contributed by atoms with E-state index in [1.165, 1.54) is 0 Å². The van der Waals surface area contributed by atoms with E-state index in [9.17, 15) is 23.1 Å². The Balaban J connectivity index is 1.60. The normalized spacial score (nSPS) is 14.2. The lowest BCUT2D eigenvalue weighted by Crippen LogP contribution is -2.36. The van der Waals surface area contributed by atoms with Crippen LogP contribution in [0.1, 0.15) is 32.7 Å². The van der Waals surface area contributed by atoms with Gasteiger partial charge in [0.15, 0.2) is 0 Å². The molecule has 10 nitrogen and oxygen atoms in total. The molecular weight excluding hydrogens is 503 g/mol. The predicted molar refractivity (Wildman–Crippen MR) is 137 cm³/mol. The van der Waals surface area contributed by atoms with Gasteiger partial charge in [0, 0.05) is 36.6 Å². The number of anilines is 3. The molecule has 1 atom stereocenters. The molecule has 1 aromatic heterocycles. The summed E-state index contributed by atoms with van der Waals surface area (Å²) in [5, 5.41) is 29.9. The number of hydrogen-bond donors (Lipinski definition) is 6. The SMILES string of the molecule is Cc1ccc(C(=O)Nc2cc(C(F)(F)F)ccc2NC[C@H](O)CO)cc1N1C=C(c2cnn(C)c2C)NN1. The van der Waals surface area contributed by atoms with Crippen LogP contribution < -0.4 is 26.6 Å². The zero-order valence-electron chi connectivity index (χ0n) is 20.9. The summed E-state index contributed by atoms with van der Waals surface area (Å²) in [6.45, 7) is 3.14. The fraction of sp³-hybridized carbons (Fsp3) is 0.280. The number of carbonyl (C=O) groups is 1. The van der Waals surface area contributed by atoms with Gasteiger partial charge in [-0.25, -0.2) is 0 Å². The van der Waals surface area contributed by atoms with Crippen LogP contribution in [0.15, 0.2) is 48.8 Å². The zero-order chi connectivity index (χ0) is 27.6. The van der Waals surface area contributed by atoms with Gasteiger partial charge in [-0.05, 0) is 49.7 Å². The number of benzene rings is 2. The van der Waals surface area contributed by atoms with Crippen molar-refractivity contribution in [3.05, 3.63) is 76.7 Å². The second-order valence-electron chi connectivity index (χ2n) is 8.85. The van der Waals surface area contributed by atoms with Gasteiger partial charge in [-0.1, -0.05) is 6.07 Å². The Labute approximate surface area is 216 Å². The number of aromatic nitrogens is 2. The van der Waals surface area contributed by atoms with Crippen LogP contribution in [-0.4, -0.2) is 45.2 Å². The fourth-order valence-corrected chi connectivity index (χ4v) is 3.82. The van der Waals surface area contributed by atoms with E-state index < -0.39 is 30.4 Å². The average molecular weight is 532 g/mol. The molecule has 2 heterocycles. The van der Waals surface area contributed by atoms with E-state index in [2.05, 4.69) is 26.7 Å². The summed E-state index contributed by atoms with van der Waals surface area (Å²) in [6, 6.07) is 7.77. The highest BCUT2D eigenvalue weighted by molar-refractivity contribution is 6.06. The molecule has 3 aromatic rings. The molecule has 2 aromatic carbocycles. The van der Waals surface area contributed by atoms with Gasteiger partial charge in [-0.15, -0.1) is 5.53 Å². The maximum Gasteiger partial charge on any atom is 0.416 e. The molecule has 1 aliphatic rings. The minimum atomic E-state index is -4.62. The molecule has 6 N–H and O–H groups in total. The number of hydrazine groups is 2. The first kappa shape index (κ1) is 27.0. The highest BCUT2D eigenvalue weighted by Gasteiger charge is 2.31. The van der Waals surface area contributed by atoms with E-state index in [1.54, 1.807) is 34.1 Å². The number of alkyl halides is 3. The lowest BCUT2D eigenvalue weighted by molar-refractivity contribution is -0.137. The average Bonchev–Trinajstić information content (AvgIpc) is 3.49. The third-order valence-electron chi connectivity index (χ3n) is 6.16. The highest BCUT2D eigenvalue weighted by Crippen LogP contribution is 2.34. The van der Waals surface area contributed by atoms with Gasteiger partial charge < -0.3 is 26.3 Å². The Kier molecular flexibility index (Phi) is 7.62. The van der Waals surface area contributed by atoms with Crippen LogP contribution in [0.4, 0.5) is 30.2 Å². The lowest BCUT2D eigenvalue weighted by Gasteiger charge is -2.19. The number of aliphatic hydroxyl groups is 2. The van der Waals surface area contributed by atoms with Crippen molar-refractivity contribution < 1.29 is 28.2 Å². The van der Waals surface area contributed by atoms with Gasteiger partial charge in [-0.2, -0.15) is 18.3 Å². The van der Waals surface area contributed by atoms with Crippen LogP contribution in [-0.2, 0) is 13.2 Å². The Hall–Kier alpha value is -4.07. The Morgan fingerprint density at radius 3 is 2.58 bits per heavy atom. The molecule has 0 unspecified atom stereocenters. The van der Waals surface area contributed by atoms with Crippen molar-refractivity contribution in [1.29, 1.82) is 0 Å². The number of nitrogens with one attached hydrogen (secondary N) is 4. The minimum Gasteiger partial charge on any atom is -0.394 e. The minimum absolute atomic E-state index is 0.118. The number of aliphatic hydroxyl groups excluding tert-OH is 2. The van der Waals surface area contributed by atoms with Crippen LogP contribution in [0, 0.1) is 13.8 Å². The second-order valence-corrected chi connectivity index (χ2v) is 8.85. The molecule has 0 spiro atoms. The largest absolute Gasteiger partial charge is 0.416 e. The van der Waals surface area contributed by atoms with Crippen molar-refractivity contribution in [3.63, 3.8) is 0 Å². The van der Waals surface area contributed by atoms with Crippen molar-refractivity contribution in [3.8, 4) is 0 Å². The zero-order valence-corrected chi connectivity index (χ0v) is 20.9. The van der Waals surface area contributed by atoms with Gasteiger partial charge >= 0.3 is 6.18 Å². The summed E-state index contributed by atoms with van der Waals surface area (Å²) in [7, 11) is 1.84. The molecule has 202 valence electrons. The van der Waals surface area contributed by atoms with Crippen molar-refractivity contribution in [2.24, 2.45) is 7.05 Å². The molecular formula is C25H28F3N7O3. The quantitative estimate of drug-likeness (QED) is 0.262. The maximum absolute atomic E-state index is 13.3. The first-order chi connectivity index (χ1) is 18.0. The van der Waals surface area contributed by atoms with E-state index in [0.29, 0.717) is 5.69 Å². The molecule has 0 radical (unpaired) electrons. The second kappa shape index (κ2) is 10.7. The smallest absolute Gasteiger partial charge is 0.394 e. The first-order valence-corrected chi connectivity index (χ1v) is 11.7. The number of nitrogens with zero attached hydrogens (tertiary/aromatic N) is 3. The number of hydrogen-bond acceptors (Lipinski definition) is 8. The summed E-state index contributed by atoms with van der Waals surface area (Å²) >= 11 is 0. The van der Waals surface area contributed by atoms with Crippen LogP contribution >= 0.6 is 0 Å². The summed E-state index contributed by atoms with van der Waals surface area (Å²) < 4.78 is 41.8. The van der Waals surface area contributed by atoms with E-state index in [-0.39, 0.29) is 23.5 Å². The molecule has 4 rings (SSSR count). The Morgan fingerprint density at radius 2 is 1.92 bits per heavy atom. The maximum atomic E-state index is 13.3. The van der Waals surface area contributed by atoms with E-state index in [0.717, 1.165) is 40.7 Å². The van der Waals surface area contributed by atoms with Crippen LogP contribution in [0.3, 0.4) is 0 Å². The number of amides is 1. The third-order valence-corrected chi connectivity index (χ3v) is 6.16. The summed E-state index contributed by atoms with van der Waals surface area (Å²) in [5.74, 6) is -0.629. The standard InChI is InChI=1S/C25H28F3N7O3/c1-14-4-5-16(8-23(14)35-12-22(32-33-35)19-11-30-34(3)15(19)2)24(38)31-21-9-17(25(26,27)28)6-7-20(21)29-10-18(37)13-36/h4-9,11-12,18,29,32-33,36-37H,10,13H2,1-3H3,(H,31,38)/t18-/m0/s1. The first-order valence-electron chi connectivity index (χ1n) is 11.7. The highest BCUT2D eigenvalue weighted by atomic mass is 19.4. The van der Waals surface area contributed by atoms with Gasteiger partial charge in [0.05, 0.1) is 47.2 Å². The molecule has 0 saturated heterocycles. The topological polar surface area (TPSA) is 127 Å². The van der Waals surface area contributed by atoms with Crippen molar-refractivity contribution in [2.45, 2.75) is 26.1 Å². The van der Waals surface area contributed by atoms with Gasteiger partial charge in [0.2, 0.25) is 0 Å². The number of rotatable bonds is 8. The van der Waals surface area contributed by atoms with E-state index in [4.69, 9.17) is 5.11 Å². The molecule has 0 bridgehead atoms. The van der Waals surface area contributed by atoms with E-state index >= 15 is 0 Å². The molecule has 0 aliphatic carbocycles.